The fourth-order valence-electron chi connectivity index (χ4n) is 2.07. The summed E-state index contributed by atoms with van der Waals surface area (Å²) in [6.07, 6.45) is 1.69. The van der Waals surface area contributed by atoms with E-state index in [4.69, 9.17) is 0 Å². The Hall–Kier alpha value is -0.920. The zero-order chi connectivity index (χ0) is 14.5. The SMILES string of the molecule is CCNC(=NCCc1cc(F)cc(F)c1)NC1CC1C.I. The van der Waals surface area contributed by atoms with Gasteiger partial charge in [0.2, 0.25) is 0 Å². The van der Waals surface area contributed by atoms with Crippen molar-refractivity contribution in [2.24, 2.45) is 10.9 Å². The summed E-state index contributed by atoms with van der Waals surface area (Å²) in [7, 11) is 0. The van der Waals surface area contributed by atoms with E-state index < -0.39 is 11.6 Å². The van der Waals surface area contributed by atoms with Gasteiger partial charge in [-0.05, 0) is 43.4 Å². The summed E-state index contributed by atoms with van der Waals surface area (Å²) in [5, 5.41) is 6.52. The minimum atomic E-state index is -0.541. The van der Waals surface area contributed by atoms with Crippen LogP contribution >= 0.6 is 24.0 Å². The molecule has 1 saturated carbocycles. The Morgan fingerprint density at radius 1 is 1.29 bits per heavy atom. The standard InChI is InChI=1S/C15H21F2N3.HI/c1-3-18-15(20-14-6-10(14)2)19-5-4-11-7-12(16)9-13(17)8-11;/h7-10,14H,3-6H2,1-2H3,(H2,18,19,20);1H. The molecule has 0 aromatic heterocycles. The van der Waals surface area contributed by atoms with Crippen LogP contribution in [-0.2, 0) is 6.42 Å². The maximum absolute atomic E-state index is 13.1. The third kappa shape index (κ3) is 6.15. The maximum atomic E-state index is 13.1. The number of aliphatic imine (C=N–C) groups is 1. The average Bonchev–Trinajstić information content (AvgIpc) is 3.03. The Balaban J connectivity index is 0.00000220. The van der Waals surface area contributed by atoms with Crippen LogP contribution in [0.2, 0.25) is 0 Å². The summed E-state index contributed by atoms with van der Waals surface area (Å²) < 4.78 is 26.1. The van der Waals surface area contributed by atoms with Crippen molar-refractivity contribution in [2.75, 3.05) is 13.1 Å². The Kier molecular flexibility index (Phi) is 7.34. The number of nitrogens with zero attached hydrogens (tertiary/aromatic N) is 1. The van der Waals surface area contributed by atoms with Gasteiger partial charge in [0, 0.05) is 25.2 Å². The molecule has 0 spiro atoms. The fourth-order valence-corrected chi connectivity index (χ4v) is 2.07. The van der Waals surface area contributed by atoms with Crippen LogP contribution in [0.1, 0.15) is 25.8 Å². The molecule has 1 aromatic carbocycles. The predicted molar refractivity (Wildman–Crippen MR) is 92.2 cm³/mol. The monoisotopic (exact) mass is 409 g/mol. The first-order chi connectivity index (χ1) is 9.58. The molecule has 2 unspecified atom stereocenters. The summed E-state index contributed by atoms with van der Waals surface area (Å²) in [6.45, 7) is 5.49. The van der Waals surface area contributed by atoms with Crippen LogP contribution in [0.25, 0.3) is 0 Å². The van der Waals surface area contributed by atoms with Gasteiger partial charge < -0.3 is 10.6 Å². The van der Waals surface area contributed by atoms with Crippen LogP contribution in [0.3, 0.4) is 0 Å². The first-order valence-corrected chi connectivity index (χ1v) is 7.08. The van der Waals surface area contributed by atoms with Crippen molar-refractivity contribution in [3.63, 3.8) is 0 Å². The van der Waals surface area contributed by atoms with Gasteiger partial charge >= 0.3 is 0 Å². The smallest absolute Gasteiger partial charge is 0.191 e. The summed E-state index contributed by atoms with van der Waals surface area (Å²) in [4.78, 5) is 4.43. The molecule has 1 aliphatic carbocycles. The first kappa shape index (κ1) is 18.1. The second-order valence-electron chi connectivity index (χ2n) is 5.25. The second kappa shape index (κ2) is 8.51. The lowest BCUT2D eigenvalue weighted by molar-refractivity contribution is 0.579. The van der Waals surface area contributed by atoms with Gasteiger partial charge in [0.25, 0.3) is 0 Å². The Bertz CT molecular complexity index is 474. The van der Waals surface area contributed by atoms with Crippen LogP contribution < -0.4 is 10.6 Å². The minimum absolute atomic E-state index is 0. The number of hydrogen-bond acceptors (Lipinski definition) is 1. The first-order valence-electron chi connectivity index (χ1n) is 7.08. The van der Waals surface area contributed by atoms with Crippen molar-refractivity contribution >= 4 is 29.9 Å². The molecule has 0 heterocycles. The highest BCUT2D eigenvalue weighted by atomic mass is 127. The van der Waals surface area contributed by atoms with Crippen LogP contribution in [0, 0.1) is 17.6 Å². The molecular formula is C15H22F2IN3. The highest BCUT2D eigenvalue weighted by Crippen LogP contribution is 2.28. The van der Waals surface area contributed by atoms with Gasteiger partial charge in [0.1, 0.15) is 11.6 Å². The summed E-state index contributed by atoms with van der Waals surface area (Å²) in [5.74, 6) is 0.386. The number of rotatable bonds is 5. The van der Waals surface area contributed by atoms with E-state index in [9.17, 15) is 8.78 Å². The molecule has 21 heavy (non-hydrogen) atoms. The number of benzene rings is 1. The summed E-state index contributed by atoms with van der Waals surface area (Å²) in [5.41, 5.74) is 0.627. The van der Waals surface area contributed by atoms with Crippen molar-refractivity contribution in [1.82, 2.24) is 10.6 Å². The van der Waals surface area contributed by atoms with E-state index in [1.165, 1.54) is 18.6 Å². The van der Waals surface area contributed by atoms with Gasteiger partial charge in [-0.3, -0.25) is 4.99 Å². The lowest BCUT2D eigenvalue weighted by Crippen LogP contribution is -2.39. The molecule has 0 bridgehead atoms. The molecular weight excluding hydrogens is 387 g/mol. The lowest BCUT2D eigenvalue weighted by Gasteiger charge is -2.10. The van der Waals surface area contributed by atoms with Crippen LogP contribution in [0.4, 0.5) is 8.78 Å². The molecule has 0 radical (unpaired) electrons. The Morgan fingerprint density at radius 2 is 1.90 bits per heavy atom. The molecule has 1 fully saturated rings. The lowest BCUT2D eigenvalue weighted by atomic mass is 10.1. The van der Waals surface area contributed by atoms with Gasteiger partial charge in [-0.25, -0.2) is 8.78 Å². The number of hydrogen-bond donors (Lipinski definition) is 2. The molecule has 118 valence electrons. The minimum Gasteiger partial charge on any atom is -0.357 e. The van der Waals surface area contributed by atoms with E-state index in [1.807, 2.05) is 6.92 Å². The highest BCUT2D eigenvalue weighted by molar-refractivity contribution is 14.0. The highest BCUT2D eigenvalue weighted by Gasteiger charge is 2.33. The van der Waals surface area contributed by atoms with Crippen molar-refractivity contribution in [3.8, 4) is 0 Å². The fraction of sp³-hybridized carbons (Fsp3) is 0.533. The van der Waals surface area contributed by atoms with Crippen LogP contribution in [-0.4, -0.2) is 25.1 Å². The molecule has 0 aliphatic heterocycles. The second-order valence-corrected chi connectivity index (χ2v) is 5.25. The summed E-state index contributed by atoms with van der Waals surface area (Å²) in [6, 6.07) is 4.08. The zero-order valence-electron chi connectivity index (χ0n) is 12.3. The van der Waals surface area contributed by atoms with Gasteiger partial charge in [0.15, 0.2) is 5.96 Å². The molecule has 1 aliphatic rings. The van der Waals surface area contributed by atoms with E-state index in [0.717, 1.165) is 18.6 Å². The third-order valence-corrected chi connectivity index (χ3v) is 3.37. The average molecular weight is 409 g/mol. The van der Waals surface area contributed by atoms with Crippen LogP contribution in [0.5, 0.6) is 0 Å². The van der Waals surface area contributed by atoms with E-state index in [1.54, 1.807) is 0 Å². The largest absolute Gasteiger partial charge is 0.357 e. The van der Waals surface area contributed by atoms with Gasteiger partial charge in [0.05, 0.1) is 0 Å². The third-order valence-electron chi connectivity index (χ3n) is 3.37. The van der Waals surface area contributed by atoms with Crippen molar-refractivity contribution in [1.29, 1.82) is 0 Å². The Morgan fingerprint density at radius 3 is 2.43 bits per heavy atom. The molecule has 2 rings (SSSR count). The van der Waals surface area contributed by atoms with E-state index in [-0.39, 0.29) is 24.0 Å². The van der Waals surface area contributed by atoms with Crippen molar-refractivity contribution in [3.05, 3.63) is 35.4 Å². The normalized spacial score (nSPS) is 20.7. The maximum Gasteiger partial charge on any atom is 0.191 e. The van der Waals surface area contributed by atoms with Gasteiger partial charge in [-0.1, -0.05) is 6.92 Å². The van der Waals surface area contributed by atoms with E-state index in [0.29, 0.717) is 30.5 Å². The van der Waals surface area contributed by atoms with Crippen molar-refractivity contribution in [2.45, 2.75) is 32.7 Å². The molecule has 2 N–H and O–H groups in total. The molecule has 3 nitrogen and oxygen atoms in total. The molecule has 0 amide bonds. The number of halogens is 3. The van der Waals surface area contributed by atoms with Gasteiger partial charge in [-0.15, -0.1) is 24.0 Å². The topological polar surface area (TPSA) is 36.4 Å². The zero-order valence-corrected chi connectivity index (χ0v) is 14.7. The molecule has 2 atom stereocenters. The molecule has 6 heteroatoms. The number of guanidine groups is 1. The molecule has 0 saturated heterocycles. The summed E-state index contributed by atoms with van der Waals surface area (Å²) >= 11 is 0. The number of nitrogens with one attached hydrogen (secondary N) is 2. The quantitative estimate of drug-likeness (QED) is 0.446. The van der Waals surface area contributed by atoms with E-state index >= 15 is 0 Å². The van der Waals surface area contributed by atoms with Crippen molar-refractivity contribution < 1.29 is 8.78 Å². The van der Waals surface area contributed by atoms with Gasteiger partial charge in [-0.2, -0.15) is 0 Å². The van der Waals surface area contributed by atoms with E-state index in [2.05, 4.69) is 22.5 Å². The Labute approximate surface area is 141 Å². The van der Waals surface area contributed by atoms with Crippen LogP contribution in [0.15, 0.2) is 23.2 Å². The predicted octanol–water partition coefficient (Wildman–Crippen LogP) is 3.09. The molecule has 1 aromatic rings.